The van der Waals surface area contributed by atoms with Gasteiger partial charge >= 0.3 is 6.18 Å². The molecule has 16 heavy (non-hydrogen) atoms. The first-order chi connectivity index (χ1) is 7.37. The summed E-state index contributed by atoms with van der Waals surface area (Å²) in [6.07, 6.45) is -2.85. The summed E-state index contributed by atoms with van der Waals surface area (Å²) < 4.78 is 38.3. The van der Waals surface area contributed by atoms with Crippen molar-refractivity contribution in [1.29, 1.82) is 0 Å². The minimum atomic E-state index is -4.37. The topological polar surface area (TPSA) is 29.1 Å². The van der Waals surface area contributed by atoms with Gasteiger partial charge in [0.2, 0.25) is 0 Å². The van der Waals surface area contributed by atoms with E-state index in [1.54, 1.807) is 6.92 Å². The lowest BCUT2D eigenvalue weighted by atomic mass is 9.76. The van der Waals surface area contributed by atoms with E-state index in [-0.39, 0.29) is 0 Å². The van der Waals surface area contributed by atoms with Gasteiger partial charge in [-0.05, 0) is 38.3 Å². The molecule has 1 saturated carbocycles. The molecule has 5 heteroatoms. The van der Waals surface area contributed by atoms with Crippen LogP contribution < -0.4 is 5.32 Å². The van der Waals surface area contributed by atoms with Crippen molar-refractivity contribution in [3.05, 3.63) is 0 Å². The maximum Gasteiger partial charge on any atom is 0.398 e. The standard InChI is InChI=1S/C11H16F3NO/c1-7-6-10(2-4-15-5-3-10)9(16)8(7)11(12,13)14/h7-8,15H,2-6H2,1H3/t7-,8+/m0/s1. The van der Waals surface area contributed by atoms with Crippen molar-refractivity contribution in [1.82, 2.24) is 5.32 Å². The number of hydrogen-bond acceptors (Lipinski definition) is 2. The average molecular weight is 235 g/mol. The van der Waals surface area contributed by atoms with E-state index in [2.05, 4.69) is 5.32 Å². The lowest BCUT2D eigenvalue weighted by Crippen LogP contribution is -2.42. The third-order valence-corrected chi connectivity index (χ3v) is 4.00. The van der Waals surface area contributed by atoms with E-state index in [9.17, 15) is 18.0 Å². The fraction of sp³-hybridized carbons (Fsp3) is 0.909. The Kier molecular flexibility index (Phi) is 2.77. The van der Waals surface area contributed by atoms with Crippen molar-refractivity contribution in [3.8, 4) is 0 Å². The zero-order valence-corrected chi connectivity index (χ0v) is 9.23. The van der Waals surface area contributed by atoms with Crippen LogP contribution in [-0.4, -0.2) is 25.0 Å². The smallest absolute Gasteiger partial charge is 0.317 e. The molecule has 2 rings (SSSR count). The number of halogens is 3. The van der Waals surface area contributed by atoms with Crippen LogP contribution >= 0.6 is 0 Å². The number of nitrogens with one attached hydrogen (secondary N) is 1. The molecule has 92 valence electrons. The van der Waals surface area contributed by atoms with Crippen LogP contribution in [0.3, 0.4) is 0 Å². The largest absolute Gasteiger partial charge is 0.398 e. The van der Waals surface area contributed by atoms with Crippen molar-refractivity contribution < 1.29 is 18.0 Å². The van der Waals surface area contributed by atoms with E-state index >= 15 is 0 Å². The molecule has 1 spiro atoms. The summed E-state index contributed by atoms with van der Waals surface area (Å²) in [5.74, 6) is -2.86. The van der Waals surface area contributed by atoms with Crippen LogP contribution in [0.2, 0.25) is 0 Å². The number of carbonyl (C=O) groups is 1. The minimum absolute atomic E-state index is 0.400. The van der Waals surface area contributed by atoms with Gasteiger partial charge in [0.15, 0.2) is 5.78 Å². The molecule has 0 aromatic rings. The molecule has 1 saturated heterocycles. The highest BCUT2D eigenvalue weighted by Gasteiger charge is 2.60. The first-order valence-corrected chi connectivity index (χ1v) is 5.69. The molecule has 2 atom stereocenters. The van der Waals surface area contributed by atoms with Gasteiger partial charge in [-0.3, -0.25) is 4.79 Å². The fourth-order valence-electron chi connectivity index (χ4n) is 3.25. The SMILES string of the molecule is C[C@H]1CC2(CCNCC2)C(=O)[C@@H]1C(F)(F)F. The highest BCUT2D eigenvalue weighted by molar-refractivity contribution is 5.90. The summed E-state index contributed by atoms with van der Waals surface area (Å²) in [5, 5.41) is 3.09. The predicted octanol–water partition coefficient (Wildman–Crippen LogP) is 2.14. The van der Waals surface area contributed by atoms with Crippen LogP contribution in [0.15, 0.2) is 0 Å². The third kappa shape index (κ3) is 1.75. The van der Waals surface area contributed by atoms with Crippen molar-refractivity contribution in [2.75, 3.05) is 13.1 Å². The van der Waals surface area contributed by atoms with Gasteiger partial charge in [-0.2, -0.15) is 13.2 Å². The number of alkyl halides is 3. The highest BCUT2D eigenvalue weighted by Crippen LogP contribution is 2.52. The number of rotatable bonds is 0. The summed E-state index contributed by atoms with van der Waals surface area (Å²) >= 11 is 0. The average Bonchev–Trinajstić information content (AvgIpc) is 2.38. The monoisotopic (exact) mass is 235 g/mol. The first-order valence-electron chi connectivity index (χ1n) is 5.69. The molecule has 2 aliphatic rings. The molecule has 1 aliphatic heterocycles. The molecule has 0 radical (unpaired) electrons. The van der Waals surface area contributed by atoms with Gasteiger partial charge < -0.3 is 5.32 Å². The second-order valence-electron chi connectivity index (χ2n) is 5.10. The van der Waals surface area contributed by atoms with Gasteiger partial charge in [-0.1, -0.05) is 6.92 Å². The van der Waals surface area contributed by atoms with E-state index in [1.807, 2.05) is 0 Å². The van der Waals surface area contributed by atoms with Crippen molar-refractivity contribution in [3.63, 3.8) is 0 Å². The van der Waals surface area contributed by atoms with Gasteiger partial charge in [-0.15, -0.1) is 0 Å². The van der Waals surface area contributed by atoms with E-state index in [1.165, 1.54) is 0 Å². The van der Waals surface area contributed by atoms with Crippen LogP contribution in [0, 0.1) is 17.3 Å². The Morgan fingerprint density at radius 3 is 2.31 bits per heavy atom. The Balaban J connectivity index is 2.24. The summed E-state index contributed by atoms with van der Waals surface area (Å²) in [6, 6.07) is 0. The second-order valence-corrected chi connectivity index (χ2v) is 5.10. The van der Waals surface area contributed by atoms with Crippen molar-refractivity contribution in [2.24, 2.45) is 17.3 Å². The molecule has 1 N–H and O–H groups in total. The number of carbonyl (C=O) groups excluding carboxylic acids is 1. The number of ketones is 1. The lowest BCUT2D eigenvalue weighted by molar-refractivity contribution is -0.186. The van der Waals surface area contributed by atoms with Gasteiger partial charge in [0, 0.05) is 5.41 Å². The zero-order valence-electron chi connectivity index (χ0n) is 9.23. The number of piperidine rings is 1. The van der Waals surface area contributed by atoms with Crippen LogP contribution in [0.25, 0.3) is 0 Å². The number of Topliss-reactive ketones (excluding diaryl/α,β-unsaturated/α-hetero) is 1. The lowest BCUT2D eigenvalue weighted by Gasteiger charge is -2.32. The second kappa shape index (κ2) is 3.72. The molecule has 0 unspecified atom stereocenters. The van der Waals surface area contributed by atoms with E-state index in [0.717, 1.165) is 0 Å². The van der Waals surface area contributed by atoms with Crippen LogP contribution in [0.4, 0.5) is 13.2 Å². The first kappa shape index (κ1) is 11.9. The predicted molar refractivity (Wildman–Crippen MR) is 52.9 cm³/mol. The fourth-order valence-corrected chi connectivity index (χ4v) is 3.25. The molecule has 1 aliphatic carbocycles. The van der Waals surface area contributed by atoms with Crippen LogP contribution in [0.5, 0.6) is 0 Å². The summed E-state index contributed by atoms with van der Waals surface area (Å²) in [4.78, 5) is 12.0. The summed E-state index contributed by atoms with van der Waals surface area (Å²) in [6.45, 7) is 2.86. The molecule has 2 nitrogen and oxygen atoms in total. The Hall–Kier alpha value is -0.580. The molecule has 1 heterocycles. The summed E-state index contributed by atoms with van der Waals surface area (Å²) in [5.41, 5.74) is -0.690. The molecular weight excluding hydrogens is 219 g/mol. The molecule has 0 aromatic carbocycles. The van der Waals surface area contributed by atoms with E-state index < -0.39 is 29.2 Å². The van der Waals surface area contributed by atoms with Gasteiger partial charge in [0.25, 0.3) is 0 Å². The quantitative estimate of drug-likeness (QED) is 0.697. The van der Waals surface area contributed by atoms with Crippen molar-refractivity contribution in [2.45, 2.75) is 32.4 Å². The third-order valence-electron chi connectivity index (χ3n) is 4.00. The van der Waals surface area contributed by atoms with Crippen LogP contribution in [0.1, 0.15) is 26.2 Å². The van der Waals surface area contributed by atoms with E-state index in [0.29, 0.717) is 32.4 Å². The molecule has 0 bridgehead atoms. The Morgan fingerprint density at radius 1 is 1.31 bits per heavy atom. The Morgan fingerprint density at radius 2 is 1.88 bits per heavy atom. The van der Waals surface area contributed by atoms with Gasteiger partial charge in [-0.25, -0.2) is 0 Å². The van der Waals surface area contributed by atoms with Crippen LogP contribution in [-0.2, 0) is 4.79 Å². The zero-order chi connectivity index (χ0) is 12.0. The van der Waals surface area contributed by atoms with Gasteiger partial charge in [0.05, 0.1) is 0 Å². The van der Waals surface area contributed by atoms with E-state index in [4.69, 9.17) is 0 Å². The molecule has 2 fully saturated rings. The van der Waals surface area contributed by atoms with Crippen molar-refractivity contribution >= 4 is 5.78 Å². The summed E-state index contributed by atoms with van der Waals surface area (Å²) in [7, 11) is 0. The normalized spacial score (nSPS) is 34.6. The highest BCUT2D eigenvalue weighted by atomic mass is 19.4. The Labute approximate surface area is 92.6 Å². The Bertz CT molecular complexity index is 294. The number of hydrogen-bond donors (Lipinski definition) is 1. The maximum absolute atomic E-state index is 12.8. The molecular formula is C11H16F3NO. The molecule has 0 aromatic heterocycles. The maximum atomic E-state index is 12.8. The minimum Gasteiger partial charge on any atom is -0.317 e. The van der Waals surface area contributed by atoms with Gasteiger partial charge in [0.1, 0.15) is 5.92 Å². The molecule has 0 amide bonds.